The molecule has 1 heterocycles. The average Bonchev–Trinajstić information content (AvgIpc) is 2.51. The summed E-state index contributed by atoms with van der Waals surface area (Å²) in [6.45, 7) is 0. The Bertz CT molecular complexity index is 461. The summed E-state index contributed by atoms with van der Waals surface area (Å²) < 4.78 is 24.5. The van der Waals surface area contributed by atoms with Crippen LogP contribution in [0.3, 0.4) is 0 Å². The summed E-state index contributed by atoms with van der Waals surface area (Å²) >= 11 is 0.986. The van der Waals surface area contributed by atoms with E-state index in [9.17, 15) is 13.2 Å². The Morgan fingerprint density at radius 3 is 2.53 bits per heavy atom. The Balaban J connectivity index is 2.99. The number of aliphatic carboxylic acids is 1. The minimum atomic E-state index is -3.43. The van der Waals surface area contributed by atoms with Gasteiger partial charge in [0.1, 0.15) is 4.21 Å². The standard InChI is InChI=1S/C8H11NO4S2/c1-9(2)15(12,13)8-4-3-6(14-8)5-7(10)11/h3-4H,5H2,1-2H3,(H,10,11). The first-order valence-electron chi connectivity index (χ1n) is 4.07. The number of nitrogens with zero attached hydrogens (tertiary/aromatic N) is 1. The van der Waals surface area contributed by atoms with Gasteiger partial charge in [0.2, 0.25) is 0 Å². The van der Waals surface area contributed by atoms with Crippen LogP contribution in [0.5, 0.6) is 0 Å². The molecule has 1 aromatic heterocycles. The molecule has 15 heavy (non-hydrogen) atoms. The molecule has 1 N–H and O–H groups in total. The van der Waals surface area contributed by atoms with Gasteiger partial charge in [-0.3, -0.25) is 4.79 Å². The van der Waals surface area contributed by atoms with Crippen molar-refractivity contribution in [3.8, 4) is 0 Å². The van der Waals surface area contributed by atoms with Gasteiger partial charge in [-0.1, -0.05) is 0 Å². The second kappa shape index (κ2) is 4.30. The van der Waals surface area contributed by atoms with Gasteiger partial charge < -0.3 is 5.11 Å². The lowest BCUT2D eigenvalue weighted by atomic mass is 10.3. The zero-order valence-corrected chi connectivity index (χ0v) is 9.93. The van der Waals surface area contributed by atoms with Crippen LogP contribution in [-0.2, 0) is 21.2 Å². The Morgan fingerprint density at radius 1 is 1.47 bits per heavy atom. The molecular formula is C8H11NO4S2. The molecule has 0 saturated carbocycles. The highest BCUT2D eigenvalue weighted by atomic mass is 32.2. The maximum absolute atomic E-state index is 11.6. The number of carboxylic acid groups (broad SMARTS) is 1. The van der Waals surface area contributed by atoms with E-state index in [0.29, 0.717) is 4.88 Å². The fraction of sp³-hybridized carbons (Fsp3) is 0.375. The van der Waals surface area contributed by atoms with Gasteiger partial charge in [0.25, 0.3) is 10.0 Å². The van der Waals surface area contributed by atoms with Gasteiger partial charge in [-0.05, 0) is 12.1 Å². The Labute approximate surface area is 92.0 Å². The van der Waals surface area contributed by atoms with Crippen LogP contribution in [0.4, 0.5) is 0 Å². The molecule has 0 aliphatic carbocycles. The highest BCUT2D eigenvalue weighted by Gasteiger charge is 2.19. The monoisotopic (exact) mass is 249 g/mol. The Morgan fingerprint density at radius 2 is 2.07 bits per heavy atom. The van der Waals surface area contributed by atoms with Crippen molar-refractivity contribution in [3.05, 3.63) is 17.0 Å². The van der Waals surface area contributed by atoms with E-state index in [2.05, 4.69) is 0 Å². The summed E-state index contributed by atoms with van der Waals surface area (Å²) in [7, 11) is -0.560. The van der Waals surface area contributed by atoms with Gasteiger partial charge in [0.15, 0.2) is 0 Å². The Hall–Kier alpha value is -0.920. The molecule has 1 rings (SSSR count). The van der Waals surface area contributed by atoms with Crippen LogP contribution in [0.2, 0.25) is 0 Å². The van der Waals surface area contributed by atoms with Gasteiger partial charge in [0, 0.05) is 19.0 Å². The summed E-state index contributed by atoms with van der Waals surface area (Å²) in [4.78, 5) is 10.9. The summed E-state index contributed by atoms with van der Waals surface area (Å²) in [5.41, 5.74) is 0. The summed E-state index contributed by atoms with van der Waals surface area (Å²) in [6.07, 6.45) is -0.145. The second-order valence-electron chi connectivity index (χ2n) is 3.08. The van der Waals surface area contributed by atoms with Crippen molar-refractivity contribution >= 4 is 27.3 Å². The molecule has 0 amide bonds. The molecule has 7 heteroatoms. The maximum atomic E-state index is 11.6. The smallest absolute Gasteiger partial charge is 0.308 e. The van der Waals surface area contributed by atoms with Crippen molar-refractivity contribution in [1.82, 2.24) is 4.31 Å². The molecule has 0 atom stereocenters. The molecule has 1 aromatic rings. The molecule has 0 spiro atoms. The first-order chi connectivity index (χ1) is 6.84. The lowest BCUT2D eigenvalue weighted by Crippen LogP contribution is -2.21. The number of hydrogen-bond acceptors (Lipinski definition) is 4. The lowest BCUT2D eigenvalue weighted by molar-refractivity contribution is -0.136. The topological polar surface area (TPSA) is 74.7 Å². The SMILES string of the molecule is CN(C)S(=O)(=O)c1ccc(CC(=O)O)s1. The van der Waals surface area contributed by atoms with Crippen molar-refractivity contribution in [2.24, 2.45) is 0 Å². The van der Waals surface area contributed by atoms with Gasteiger partial charge in [-0.15, -0.1) is 11.3 Å². The molecular weight excluding hydrogens is 238 g/mol. The highest BCUT2D eigenvalue weighted by molar-refractivity contribution is 7.91. The summed E-state index contributed by atoms with van der Waals surface area (Å²) in [5.74, 6) is -0.967. The maximum Gasteiger partial charge on any atom is 0.308 e. The van der Waals surface area contributed by atoms with E-state index in [1.807, 2.05) is 0 Å². The number of carboxylic acids is 1. The molecule has 5 nitrogen and oxygen atoms in total. The predicted molar refractivity (Wildman–Crippen MR) is 56.5 cm³/mol. The minimum absolute atomic E-state index is 0.145. The minimum Gasteiger partial charge on any atom is -0.481 e. The third-order valence-electron chi connectivity index (χ3n) is 1.70. The first-order valence-corrected chi connectivity index (χ1v) is 6.32. The van der Waals surface area contributed by atoms with E-state index < -0.39 is 16.0 Å². The zero-order valence-electron chi connectivity index (χ0n) is 8.30. The van der Waals surface area contributed by atoms with E-state index in [0.717, 1.165) is 15.6 Å². The molecule has 84 valence electrons. The third-order valence-corrected chi connectivity index (χ3v) is 5.07. The molecule has 0 radical (unpaired) electrons. The number of thiophene rings is 1. The molecule has 0 saturated heterocycles. The van der Waals surface area contributed by atoms with E-state index >= 15 is 0 Å². The van der Waals surface area contributed by atoms with Crippen molar-refractivity contribution in [1.29, 1.82) is 0 Å². The fourth-order valence-electron chi connectivity index (χ4n) is 0.921. The van der Waals surface area contributed by atoms with Crippen LogP contribution in [0, 0.1) is 0 Å². The van der Waals surface area contributed by atoms with Crippen molar-refractivity contribution in [3.63, 3.8) is 0 Å². The molecule has 0 aliphatic heterocycles. The molecule has 0 bridgehead atoms. The van der Waals surface area contributed by atoms with Crippen LogP contribution in [-0.4, -0.2) is 37.9 Å². The van der Waals surface area contributed by atoms with Crippen LogP contribution in [0.15, 0.2) is 16.3 Å². The molecule has 0 fully saturated rings. The normalized spacial score (nSPS) is 11.9. The summed E-state index contributed by atoms with van der Waals surface area (Å²) in [5, 5.41) is 8.53. The van der Waals surface area contributed by atoms with Gasteiger partial charge >= 0.3 is 5.97 Å². The quantitative estimate of drug-likeness (QED) is 0.849. The van der Waals surface area contributed by atoms with E-state index in [-0.39, 0.29) is 10.6 Å². The first kappa shape index (κ1) is 12.2. The fourth-order valence-corrected chi connectivity index (χ4v) is 3.44. The van der Waals surface area contributed by atoms with Gasteiger partial charge in [0.05, 0.1) is 6.42 Å². The van der Waals surface area contributed by atoms with Crippen LogP contribution in [0.25, 0.3) is 0 Å². The number of carbonyl (C=O) groups is 1. The lowest BCUT2D eigenvalue weighted by Gasteiger charge is -2.08. The Kier molecular flexibility index (Phi) is 3.48. The highest BCUT2D eigenvalue weighted by Crippen LogP contribution is 2.23. The van der Waals surface area contributed by atoms with E-state index in [4.69, 9.17) is 5.11 Å². The zero-order chi connectivity index (χ0) is 11.6. The number of rotatable bonds is 4. The predicted octanol–water partition coefficient (Wildman–Crippen LogP) is 0.626. The largest absolute Gasteiger partial charge is 0.481 e. The third kappa shape index (κ3) is 2.77. The van der Waals surface area contributed by atoms with Crippen molar-refractivity contribution in [2.45, 2.75) is 10.6 Å². The number of sulfonamides is 1. The van der Waals surface area contributed by atoms with Gasteiger partial charge in [-0.2, -0.15) is 0 Å². The van der Waals surface area contributed by atoms with Crippen LogP contribution >= 0.6 is 11.3 Å². The summed E-state index contributed by atoms with van der Waals surface area (Å²) in [6, 6.07) is 2.95. The van der Waals surface area contributed by atoms with Crippen LogP contribution in [0.1, 0.15) is 4.88 Å². The number of hydrogen-bond donors (Lipinski definition) is 1. The van der Waals surface area contributed by atoms with E-state index in [1.54, 1.807) is 0 Å². The van der Waals surface area contributed by atoms with Gasteiger partial charge in [-0.25, -0.2) is 12.7 Å². The van der Waals surface area contributed by atoms with E-state index in [1.165, 1.54) is 26.2 Å². The average molecular weight is 249 g/mol. The molecule has 0 unspecified atom stereocenters. The van der Waals surface area contributed by atoms with Crippen LogP contribution < -0.4 is 0 Å². The van der Waals surface area contributed by atoms with Crippen molar-refractivity contribution in [2.75, 3.05) is 14.1 Å². The second-order valence-corrected chi connectivity index (χ2v) is 6.63. The van der Waals surface area contributed by atoms with Crippen molar-refractivity contribution < 1.29 is 18.3 Å². The molecule has 0 aliphatic rings. The molecule has 0 aromatic carbocycles.